The van der Waals surface area contributed by atoms with Gasteiger partial charge < -0.3 is 20.1 Å². The molecule has 0 atom stereocenters. The summed E-state index contributed by atoms with van der Waals surface area (Å²) >= 11 is 0. The first kappa shape index (κ1) is 33.8. The van der Waals surface area contributed by atoms with Crippen molar-refractivity contribution in [2.45, 2.75) is 58.2 Å². The van der Waals surface area contributed by atoms with Gasteiger partial charge in [0.15, 0.2) is 5.75 Å². The highest BCUT2D eigenvalue weighted by atomic mass is 32.2. The van der Waals surface area contributed by atoms with Crippen LogP contribution in [0.4, 0.5) is 36.1 Å². The number of sulfonamides is 1. The maximum atomic E-state index is 14.2. The third-order valence-electron chi connectivity index (χ3n) is 7.10. The van der Waals surface area contributed by atoms with Gasteiger partial charge in [-0.1, -0.05) is 26.8 Å². The first-order chi connectivity index (χ1) is 21.0. The Balaban J connectivity index is 1.83. The smallest absolute Gasteiger partial charge is 0.472 e. The molecule has 1 aliphatic rings. The summed E-state index contributed by atoms with van der Waals surface area (Å²) < 4.78 is 80.7. The number of aromatic nitrogens is 2. The standard InChI is InChI=1S/C30H37F3N6O5S/c1-18-7-8-21(15-24(18)44-26-16-25(35-17-36-26)37-20-9-11-34-12-10-20)39(28(40)30(31,32)33)23-14-19(29(2,3)4)13-22(27(23)43-5)38-45(6,41)42/h7-8,13-17,20,34,38H,9-12H2,1-6H3,(H,35,36,37). The molecule has 0 unspecified atom stereocenters. The largest absolute Gasteiger partial charge is 0.492 e. The molecule has 0 aliphatic carbocycles. The number of methoxy groups -OCH3 is 1. The Kier molecular flexibility index (Phi) is 9.82. The number of benzene rings is 2. The van der Waals surface area contributed by atoms with Crippen LogP contribution in [0.3, 0.4) is 0 Å². The van der Waals surface area contributed by atoms with E-state index in [1.165, 1.54) is 43.8 Å². The van der Waals surface area contributed by atoms with Crippen LogP contribution in [-0.2, 0) is 20.2 Å². The molecule has 0 radical (unpaired) electrons. The minimum Gasteiger partial charge on any atom is -0.492 e. The minimum absolute atomic E-state index is 0.124. The third kappa shape index (κ3) is 8.54. The highest BCUT2D eigenvalue weighted by molar-refractivity contribution is 7.92. The molecular formula is C30H37F3N6O5S. The zero-order valence-electron chi connectivity index (χ0n) is 25.9. The highest BCUT2D eigenvalue weighted by Gasteiger charge is 2.45. The Bertz CT molecular complexity index is 1650. The lowest BCUT2D eigenvalue weighted by molar-refractivity contribution is -0.169. The van der Waals surface area contributed by atoms with Crippen LogP contribution in [0.25, 0.3) is 0 Å². The van der Waals surface area contributed by atoms with E-state index >= 15 is 0 Å². The van der Waals surface area contributed by atoms with Crippen LogP contribution in [0.5, 0.6) is 17.4 Å². The predicted octanol–water partition coefficient (Wildman–Crippen LogP) is 5.65. The molecule has 1 fully saturated rings. The molecule has 3 aromatic rings. The second-order valence-electron chi connectivity index (χ2n) is 11.8. The second-order valence-corrected chi connectivity index (χ2v) is 13.5. The number of piperidine rings is 1. The van der Waals surface area contributed by atoms with Gasteiger partial charge >= 0.3 is 12.1 Å². The number of nitrogens with one attached hydrogen (secondary N) is 3. The van der Waals surface area contributed by atoms with E-state index in [0.717, 1.165) is 32.2 Å². The SMILES string of the molecule is COc1c(NS(C)(=O)=O)cc(C(C)(C)C)cc1N(C(=O)C(F)(F)F)c1ccc(C)c(Oc2cc(NC3CCNCC3)ncn2)c1. The van der Waals surface area contributed by atoms with Crippen LogP contribution in [0.1, 0.15) is 44.7 Å². The topological polar surface area (TPSA) is 135 Å². The number of carbonyl (C=O) groups excluding carboxylic acids is 1. The summed E-state index contributed by atoms with van der Waals surface area (Å²) in [6.45, 7) is 8.84. The molecule has 2 aromatic carbocycles. The van der Waals surface area contributed by atoms with Crippen molar-refractivity contribution in [3.8, 4) is 17.4 Å². The monoisotopic (exact) mass is 650 g/mol. The molecule has 1 aliphatic heterocycles. The lowest BCUT2D eigenvalue weighted by Crippen LogP contribution is -2.38. The summed E-state index contributed by atoms with van der Waals surface area (Å²) in [5, 5.41) is 6.63. The van der Waals surface area contributed by atoms with Gasteiger partial charge in [-0.15, -0.1) is 0 Å². The fourth-order valence-electron chi connectivity index (χ4n) is 4.80. The van der Waals surface area contributed by atoms with Gasteiger partial charge in [-0.25, -0.2) is 18.4 Å². The molecule has 0 saturated carbocycles. The maximum absolute atomic E-state index is 14.2. The molecule has 2 heterocycles. The van der Waals surface area contributed by atoms with Gasteiger partial charge in [-0.3, -0.25) is 14.4 Å². The van der Waals surface area contributed by atoms with Crippen LogP contribution in [0.15, 0.2) is 42.7 Å². The Hall–Kier alpha value is -4.11. The second kappa shape index (κ2) is 13.1. The van der Waals surface area contributed by atoms with Crippen LogP contribution in [0, 0.1) is 6.92 Å². The highest BCUT2D eigenvalue weighted by Crippen LogP contribution is 2.45. The Morgan fingerprint density at radius 3 is 2.36 bits per heavy atom. The zero-order chi connectivity index (χ0) is 33.2. The number of carbonyl (C=O) groups is 1. The average Bonchev–Trinajstić information content (AvgIpc) is 2.93. The Labute approximate surface area is 260 Å². The number of rotatable bonds is 9. The van der Waals surface area contributed by atoms with Gasteiger partial charge in [0.1, 0.15) is 17.9 Å². The van der Waals surface area contributed by atoms with Crippen LogP contribution in [-0.4, -0.2) is 63.0 Å². The number of amides is 1. The van der Waals surface area contributed by atoms with Crippen LogP contribution in [0.2, 0.25) is 0 Å². The van der Waals surface area contributed by atoms with Crippen LogP contribution < -0.4 is 29.7 Å². The number of anilines is 4. The summed E-state index contributed by atoms with van der Waals surface area (Å²) in [5.74, 6) is -1.69. The van der Waals surface area contributed by atoms with Gasteiger partial charge in [-0.05, 0) is 67.6 Å². The van der Waals surface area contributed by atoms with Gasteiger partial charge in [0, 0.05) is 18.2 Å². The molecule has 1 aromatic heterocycles. The molecule has 15 heteroatoms. The van der Waals surface area contributed by atoms with E-state index in [0.29, 0.717) is 21.8 Å². The van der Waals surface area contributed by atoms with Gasteiger partial charge in [0.25, 0.3) is 0 Å². The lowest BCUT2D eigenvalue weighted by Gasteiger charge is -2.30. The van der Waals surface area contributed by atoms with E-state index in [1.54, 1.807) is 33.8 Å². The van der Waals surface area contributed by atoms with E-state index in [1.807, 2.05) is 0 Å². The van der Waals surface area contributed by atoms with E-state index in [2.05, 4.69) is 25.3 Å². The molecule has 1 amide bonds. The Morgan fingerprint density at radius 1 is 1.07 bits per heavy atom. The number of nitrogens with zero attached hydrogens (tertiary/aromatic N) is 3. The van der Waals surface area contributed by atoms with Crippen molar-refractivity contribution in [2.75, 3.05) is 41.4 Å². The molecule has 4 rings (SSSR count). The van der Waals surface area contributed by atoms with E-state index < -0.39 is 27.5 Å². The normalized spacial score (nSPS) is 14.5. The molecule has 1 saturated heterocycles. The van der Waals surface area contributed by atoms with E-state index in [9.17, 15) is 26.4 Å². The van der Waals surface area contributed by atoms with Crippen molar-refractivity contribution in [3.63, 3.8) is 0 Å². The van der Waals surface area contributed by atoms with E-state index in [-0.39, 0.29) is 40.5 Å². The van der Waals surface area contributed by atoms with E-state index in [4.69, 9.17) is 9.47 Å². The fraction of sp³-hybridized carbons (Fsp3) is 0.433. The van der Waals surface area contributed by atoms with Crippen LogP contribution >= 0.6 is 0 Å². The molecule has 0 spiro atoms. The summed E-state index contributed by atoms with van der Waals surface area (Å²) in [4.78, 5) is 22.0. The quantitative estimate of drug-likeness (QED) is 0.269. The maximum Gasteiger partial charge on any atom is 0.472 e. The first-order valence-electron chi connectivity index (χ1n) is 14.2. The number of alkyl halides is 3. The summed E-state index contributed by atoms with van der Waals surface area (Å²) in [5.41, 5.74) is -0.294. The molecule has 3 N–H and O–H groups in total. The lowest BCUT2D eigenvalue weighted by atomic mass is 9.86. The number of ether oxygens (including phenoxy) is 2. The molecular weight excluding hydrogens is 613 g/mol. The number of aryl methyl sites for hydroxylation is 1. The van der Waals surface area contributed by atoms with Crippen molar-refractivity contribution in [3.05, 3.63) is 53.9 Å². The molecule has 45 heavy (non-hydrogen) atoms. The number of hydrogen-bond donors (Lipinski definition) is 3. The fourth-order valence-corrected chi connectivity index (χ4v) is 5.35. The summed E-state index contributed by atoms with van der Waals surface area (Å²) in [6, 6.07) is 8.77. The van der Waals surface area contributed by atoms with Gasteiger partial charge in [0.2, 0.25) is 15.9 Å². The average molecular weight is 651 g/mol. The zero-order valence-corrected chi connectivity index (χ0v) is 26.7. The van der Waals surface area contributed by atoms with Crippen molar-refractivity contribution < 1.29 is 35.9 Å². The summed E-state index contributed by atoms with van der Waals surface area (Å²) in [6.07, 6.45) is -1.27. The minimum atomic E-state index is -5.30. The summed E-state index contributed by atoms with van der Waals surface area (Å²) in [7, 11) is -2.71. The Morgan fingerprint density at radius 2 is 1.76 bits per heavy atom. The number of halogens is 3. The predicted molar refractivity (Wildman–Crippen MR) is 166 cm³/mol. The molecule has 11 nitrogen and oxygen atoms in total. The van der Waals surface area contributed by atoms with Crippen molar-refractivity contribution in [1.82, 2.24) is 15.3 Å². The van der Waals surface area contributed by atoms with Gasteiger partial charge in [0.05, 0.1) is 30.4 Å². The van der Waals surface area contributed by atoms with Crippen molar-refractivity contribution >= 4 is 38.8 Å². The van der Waals surface area contributed by atoms with Gasteiger partial charge in [-0.2, -0.15) is 13.2 Å². The first-order valence-corrected chi connectivity index (χ1v) is 16.0. The van der Waals surface area contributed by atoms with Crippen molar-refractivity contribution in [2.24, 2.45) is 0 Å². The third-order valence-corrected chi connectivity index (χ3v) is 7.69. The van der Waals surface area contributed by atoms with Crippen molar-refractivity contribution in [1.29, 1.82) is 0 Å². The molecule has 244 valence electrons. The number of hydrogen-bond acceptors (Lipinski definition) is 9. The molecule has 0 bridgehead atoms.